The number of carbonyl (C=O) groups is 6. The predicted molar refractivity (Wildman–Crippen MR) is 390 cm³/mol. The number of ketones is 2. The summed E-state index contributed by atoms with van der Waals surface area (Å²) in [7, 11) is -27.3. The smallest absolute Gasteiger partial charge is 0.462 e. The number of hydrogen-bond acceptors (Lipinski definition) is 37. The van der Waals surface area contributed by atoms with Gasteiger partial charge in [-0.2, -0.15) is 0 Å². The Bertz CT molecular complexity index is 3010. The van der Waals surface area contributed by atoms with E-state index < -0.39 is 191 Å². The maximum atomic E-state index is 13.7. The van der Waals surface area contributed by atoms with E-state index in [0.717, 1.165) is 6.92 Å². The number of ether oxygens (including phenoxy) is 18. The zero-order chi connectivity index (χ0) is 80.7. The number of aliphatic hydroxyl groups is 2. The van der Waals surface area contributed by atoms with Crippen LogP contribution in [0.3, 0.4) is 0 Å². The molecule has 636 valence electrons. The molecule has 0 saturated carbocycles. The van der Waals surface area contributed by atoms with Gasteiger partial charge < -0.3 is 125 Å². The van der Waals surface area contributed by atoms with Crippen molar-refractivity contribution in [2.45, 2.75) is 234 Å². The Labute approximate surface area is 657 Å². The van der Waals surface area contributed by atoms with E-state index in [0.29, 0.717) is 33.0 Å². The van der Waals surface area contributed by atoms with Crippen LogP contribution in [0.4, 0.5) is 0 Å². The third-order valence-electron chi connectivity index (χ3n) is 17.9. The number of Topliss-reactive ketones (excluding diaryl/α,β-unsaturated/α-hetero) is 2. The average Bonchev–Trinajstić information content (AvgIpc) is 0.843. The molecule has 112 heavy (non-hydrogen) atoms. The second-order valence-electron chi connectivity index (χ2n) is 29.2. The molecule has 9 aliphatic rings. The van der Waals surface area contributed by atoms with Gasteiger partial charge in [-0.1, -0.05) is 26.3 Å². The van der Waals surface area contributed by atoms with Crippen molar-refractivity contribution in [3.8, 4) is 0 Å². The fraction of sp³-hybridized carbons (Fsp3) is 0.800. The minimum absolute atomic E-state index is 0.0184. The molecule has 0 radical (unpaired) electrons. The van der Waals surface area contributed by atoms with Crippen LogP contribution in [0.1, 0.15) is 144 Å². The maximum Gasteiger partial charge on any atom is 0.494 e. The summed E-state index contributed by atoms with van der Waals surface area (Å²) < 4.78 is 177. The topological polar surface area (TPSA) is 449 Å². The largest absolute Gasteiger partial charge is 0.494 e. The first-order valence-corrected chi connectivity index (χ1v) is 48.3. The summed E-state index contributed by atoms with van der Waals surface area (Å²) in [6.07, 6.45) is -6.04. The van der Waals surface area contributed by atoms with Crippen LogP contribution < -0.4 is 0 Å². The van der Waals surface area contributed by atoms with Crippen LogP contribution in [0, 0.1) is 0 Å². The highest BCUT2D eigenvalue weighted by atomic mass is 28.5. The van der Waals surface area contributed by atoms with E-state index in [1.54, 1.807) is 0 Å². The van der Waals surface area contributed by atoms with Gasteiger partial charge in [-0.15, -0.1) is 0 Å². The van der Waals surface area contributed by atoms with Crippen LogP contribution in [0.25, 0.3) is 0 Å². The van der Waals surface area contributed by atoms with Gasteiger partial charge in [0.1, 0.15) is 30.5 Å². The molecule has 0 aromatic carbocycles. The van der Waals surface area contributed by atoms with Gasteiger partial charge in [0, 0.05) is 131 Å². The normalized spacial score (nSPS) is 33.6. The standard InChI is InChI=1S/C70H114O37Si5/c1-51(2)62(73)86-32-15-25-68-95-66(77,22-12-27-81-41-56-46-90-56)99-108(79,36-11-10-21-61(72)55(9)71)104-110(101-68,38-17-30-84-44-59-49-93-59)106-112(40-20-35-89-65(76)54(7)8)103-70(97-68,24-14-29-83-43-58-48-92-58)98-69(26-16-33-87-63(74)52(3)4)96-67(78,23-13-28-82-42-57-47-91-57)100-109(80,37-19-34-88-64(75)53(5)6)105-111(102-69,107-112)39-18-31-85-45-60-50-94-60/h56-60,77-80H,1,3,5,7,10-50H2,2,4,6,8-9H3. The highest BCUT2D eigenvalue weighted by molar-refractivity contribution is 6.85. The van der Waals surface area contributed by atoms with E-state index >= 15 is 0 Å². The van der Waals surface area contributed by atoms with Crippen LogP contribution >= 0.6 is 0 Å². The number of esters is 4. The average molecular weight is 1690 g/mol. The van der Waals surface area contributed by atoms with Gasteiger partial charge in [0.05, 0.1) is 92.5 Å². The molecule has 0 spiro atoms. The number of carbonyl (C=O) groups excluding carboxylic acids is 6. The Kier molecular flexibility index (Phi) is 34.7. The van der Waals surface area contributed by atoms with Gasteiger partial charge in [-0.25, -0.2) is 19.2 Å². The lowest BCUT2D eigenvalue weighted by molar-refractivity contribution is -0.588. The number of rotatable bonds is 56. The minimum Gasteiger partial charge on any atom is -0.462 e. The van der Waals surface area contributed by atoms with E-state index in [2.05, 4.69) is 26.3 Å². The summed E-state index contributed by atoms with van der Waals surface area (Å²) >= 11 is 0. The van der Waals surface area contributed by atoms with Gasteiger partial charge in [0.25, 0.3) is 29.9 Å². The van der Waals surface area contributed by atoms with Crippen LogP contribution in [0.5, 0.6) is 0 Å². The molecule has 0 aromatic heterocycles. The number of hydrogen-bond donors (Lipinski definition) is 4. The fourth-order valence-corrected chi connectivity index (χ4v) is 32.6. The first-order valence-electron chi connectivity index (χ1n) is 38.5. The van der Waals surface area contributed by atoms with Crippen molar-refractivity contribution >= 4 is 79.5 Å². The molecule has 0 amide bonds. The molecular weight excluding hydrogens is 1570 g/mol. The molecule has 15 unspecified atom stereocenters. The number of fused-ring (bicyclic) bond motifs is 6. The highest BCUT2D eigenvalue weighted by Gasteiger charge is 2.76. The Morgan fingerprint density at radius 3 is 0.938 bits per heavy atom. The lowest BCUT2D eigenvalue weighted by Crippen LogP contribution is -2.79. The summed E-state index contributed by atoms with van der Waals surface area (Å²) in [5.74, 6) is -19.8. The highest BCUT2D eigenvalue weighted by Crippen LogP contribution is 2.54. The van der Waals surface area contributed by atoms with E-state index in [1.165, 1.54) is 27.7 Å². The zero-order valence-electron chi connectivity index (χ0n) is 65.0. The zero-order valence-corrected chi connectivity index (χ0v) is 70.0. The molecule has 0 aliphatic carbocycles. The van der Waals surface area contributed by atoms with Crippen molar-refractivity contribution in [2.24, 2.45) is 0 Å². The second-order valence-corrected chi connectivity index (χ2v) is 42.9. The Balaban J connectivity index is 1.31. The van der Waals surface area contributed by atoms with Crippen LogP contribution in [-0.2, 0) is 153 Å². The molecular formula is C70H114O37Si5. The van der Waals surface area contributed by atoms with Gasteiger partial charge in [-0.3, -0.25) is 28.5 Å². The molecule has 4 N–H and O–H groups in total. The third-order valence-corrected chi connectivity index (χ3v) is 35.9. The summed E-state index contributed by atoms with van der Waals surface area (Å²) in [5, 5.41) is 27.2. The monoisotopic (exact) mass is 1690 g/mol. The van der Waals surface area contributed by atoms with Crippen molar-refractivity contribution in [2.75, 3.05) is 126 Å². The fourth-order valence-electron chi connectivity index (χ4n) is 11.9. The van der Waals surface area contributed by atoms with E-state index in [4.69, 9.17) is 124 Å². The summed E-state index contributed by atoms with van der Waals surface area (Å²) in [5.41, 5.74) is 0.178. The van der Waals surface area contributed by atoms with E-state index in [-0.39, 0.29) is 203 Å². The molecule has 15 atom stereocenters. The molecule has 9 aliphatic heterocycles. The predicted octanol–water partition coefficient (Wildman–Crippen LogP) is 4.53. The lowest BCUT2D eigenvalue weighted by Gasteiger charge is -2.60. The van der Waals surface area contributed by atoms with Crippen molar-refractivity contribution in [1.82, 2.24) is 0 Å². The van der Waals surface area contributed by atoms with Gasteiger partial charge >= 0.3 is 67.9 Å². The number of epoxide rings is 5. The first kappa shape index (κ1) is 92.1. The van der Waals surface area contributed by atoms with Crippen molar-refractivity contribution in [3.05, 3.63) is 48.6 Å². The van der Waals surface area contributed by atoms with Crippen molar-refractivity contribution in [3.63, 3.8) is 0 Å². The van der Waals surface area contributed by atoms with E-state index in [1.807, 2.05) is 0 Å². The molecule has 9 heterocycles. The van der Waals surface area contributed by atoms with Crippen molar-refractivity contribution < 1.29 is 172 Å². The molecule has 9 fully saturated rings. The SMILES string of the molecule is C=C(C)C(=O)OCCCC12OC(O)(CCCOCC3CO3)O[Si](O)(CCCCC(=O)C(C)=O)O[Si](CCCOCC3CO3)(O1)O[Si]1(CCCOC(=O)C(=C)C)OC(CCCOCC3CO3)(O2)OC2(CCCOC(=O)C(=C)C)OC(O)(CCCOCC3CO3)O[Si](O)(CCCOC(=O)C(=C)C)O[Si](CCCOCC3CO3)(O2)O1. The Morgan fingerprint density at radius 1 is 0.348 bits per heavy atom. The Hall–Kier alpha value is -3.82. The van der Waals surface area contributed by atoms with Crippen LogP contribution in [0.15, 0.2) is 48.6 Å². The summed E-state index contributed by atoms with van der Waals surface area (Å²) in [4.78, 5) is 106. The van der Waals surface area contributed by atoms with Crippen LogP contribution in [-0.4, -0.2) is 285 Å². The van der Waals surface area contributed by atoms with Gasteiger partial charge in [0.15, 0.2) is 11.6 Å². The number of unbranched alkanes of at least 4 members (excludes halogenated alkanes) is 1. The first-order chi connectivity index (χ1) is 53.2. The lowest BCUT2D eigenvalue weighted by atomic mass is 10.1. The molecule has 42 heteroatoms. The summed E-state index contributed by atoms with van der Waals surface area (Å²) in [6, 6.07) is -2.41. The van der Waals surface area contributed by atoms with Crippen molar-refractivity contribution in [1.29, 1.82) is 0 Å². The quantitative estimate of drug-likeness (QED) is 0.0123. The molecule has 0 aromatic rings. The second kappa shape index (κ2) is 42.2. The maximum absolute atomic E-state index is 13.7. The molecule has 37 nitrogen and oxygen atoms in total. The molecule has 9 saturated heterocycles. The summed E-state index contributed by atoms with van der Waals surface area (Å²) in [6.45, 7) is 22.8. The van der Waals surface area contributed by atoms with Crippen LogP contribution in [0.2, 0.25) is 30.2 Å². The molecule has 6 bridgehead atoms. The van der Waals surface area contributed by atoms with E-state index in [9.17, 15) is 48.6 Å². The molecule has 9 rings (SSSR count). The van der Waals surface area contributed by atoms with Gasteiger partial charge in [-0.05, 0) is 98.3 Å². The Morgan fingerprint density at radius 2 is 0.616 bits per heavy atom. The van der Waals surface area contributed by atoms with Gasteiger partial charge in [0.2, 0.25) is 0 Å². The third kappa shape index (κ3) is 31.2. The minimum atomic E-state index is -5.59.